The molecule has 0 aliphatic carbocycles. The second kappa shape index (κ2) is 41.4. The molecule has 0 aromatic rings. The quantitative estimate of drug-likeness (QED) is 0.0487. The van der Waals surface area contributed by atoms with Gasteiger partial charge in [-0.3, -0.25) is 14.4 Å². The first-order valence-electron chi connectivity index (χ1n) is 23.3. The van der Waals surface area contributed by atoms with Crippen LogP contribution in [-0.4, -0.2) is 73.1 Å². The van der Waals surface area contributed by atoms with Gasteiger partial charge in [0.1, 0.15) is 6.10 Å². The summed E-state index contributed by atoms with van der Waals surface area (Å²) in [7, 11) is 0. The van der Waals surface area contributed by atoms with E-state index in [0.717, 1.165) is 83.8 Å². The summed E-state index contributed by atoms with van der Waals surface area (Å²) in [6.07, 6.45) is 32.5. The highest BCUT2D eigenvalue weighted by atomic mass is 32.2. The third-order valence-corrected chi connectivity index (χ3v) is 11.5. The van der Waals surface area contributed by atoms with Crippen LogP contribution in [0.15, 0.2) is 0 Å². The van der Waals surface area contributed by atoms with E-state index in [9.17, 15) is 14.4 Å². The topological polar surface area (TPSA) is 84.9 Å². The molecule has 2 atom stereocenters. The molecule has 8 heteroatoms. The zero-order valence-corrected chi connectivity index (χ0v) is 37.3. The van der Waals surface area contributed by atoms with Gasteiger partial charge in [-0.1, -0.05) is 157 Å². The number of esters is 2. The molecule has 0 bridgehead atoms. The first kappa shape index (κ1) is 52.7. The maximum absolute atomic E-state index is 13.7. The van der Waals surface area contributed by atoms with Crippen LogP contribution in [0.2, 0.25) is 0 Å². The number of unbranched alkanes of at least 4 members (excludes halogenated alkanes) is 19. The van der Waals surface area contributed by atoms with Crippen molar-refractivity contribution in [2.24, 2.45) is 5.92 Å². The van der Waals surface area contributed by atoms with E-state index in [4.69, 9.17) is 9.47 Å². The molecular formula is C46H90N2O5S. The molecule has 0 aliphatic heterocycles. The van der Waals surface area contributed by atoms with Gasteiger partial charge >= 0.3 is 11.9 Å². The standard InChI is InChI=1S/C46H90N2O5S/c1-6-11-14-17-19-20-21-22-24-26-29-38-52-45(50)33-39-54-41-42(40-44(49)47-34-30-37-48(35-9-4)36-10-5)46(51)53-43(31-27-16-13-8-3)32-28-25-23-18-15-12-7-2/h42-43H,6-41H2,1-5H3,(H,47,49). The van der Waals surface area contributed by atoms with Gasteiger partial charge in [-0.25, -0.2) is 0 Å². The lowest BCUT2D eigenvalue weighted by Crippen LogP contribution is -2.34. The highest BCUT2D eigenvalue weighted by Gasteiger charge is 2.26. The van der Waals surface area contributed by atoms with E-state index in [0.29, 0.717) is 31.1 Å². The first-order valence-corrected chi connectivity index (χ1v) is 24.5. The van der Waals surface area contributed by atoms with E-state index in [1.807, 2.05) is 0 Å². The van der Waals surface area contributed by atoms with E-state index in [-0.39, 0.29) is 30.4 Å². The fourth-order valence-corrected chi connectivity index (χ4v) is 8.08. The first-order chi connectivity index (χ1) is 26.4. The number of amides is 1. The molecule has 320 valence electrons. The maximum Gasteiger partial charge on any atom is 0.310 e. The highest BCUT2D eigenvalue weighted by Crippen LogP contribution is 2.22. The number of rotatable bonds is 42. The van der Waals surface area contributed by atoms with Crippen LogP contribution >= 0.6 is 11.8 Å². The van der Waals surface area contributed by atoms with Crippen molar-refractivity contribution in [1.29, 1.82) is 0 Å². The molecule has 0 radical (unpaired) electrons. The molecule has 0 aromatic heterocycles. The molecule has 0 rings (SSSR count). The summed E-state index contributed by atoms with van der Waals surface area (Å²) in [5.74, 6) is 0.00912. The lowest BCUT2D eigenvalue weighted by atomic mass is 10.0. The minimum absolute atomic E-state index is 0.0887. The summed E-state index contributed by atoms with van der Waals surface area (Å²) in [6, 6.07) is 0. The van der Waals surface area contributed by atoms with Crippen molar-refractivity contribution in [3.8, 4) is 0 Å². The van der Waals surface area contributed by atoms with Gasteiger partial charge < -0.3 is 19.7 Å². The van der Waals surface area contributed by atoms with Crippen molar-refractivity contribution in [3.05, 3.63) is 0 Å². The number of nitrogens with zero attached hydrogens (tertiary/aromatic N) is 1. The van der Waals surface area contributed by atoms with E-state index in [2.05, 4.69) is 44.8 Å². The Kier molecular flexibility index (Phi) is 40.4. The van der Waals surface area contributed by atoms with Crippen LogP contribution in [0.4, 0.5) is 0 Å². The molecule has 0 spiro atoms. The summed E-state index contributed by atoms with van der Waals surface area (Å²) < 4.78 is 11.7. The zero-order chi connectivity index (χ0) is 39.7. The Hall–Kier alpha value is -1.28. The lowest BCUT2D eigenvalue weighted by Gasteiger charge is -2.22. The summed E-state index contributed by atoms with van der Waals surface area (Å²) in [6.45, 7) is 15.4. The van der Waals surface area contributed by atoms with Crippen LogP contribution in [0.25, 0.3) is 0 Å². The summed E-state index contributed by atoms with van der Waals surface area (Å²) in [5.41, 5.74) is 0. The third-order valence-electron chi connectivity index (χ3n) is 10.4. The molecule has 0 heterocycles. The average molecular weight is 783 g/mol. The molecule has 1 N–H and O–H groups in total. The molecule has 0 fully saturated rings. The second-order valence-electron chi connectivity index (χ2n) is 15.8. The number of carbonyl (C=O) groups excluding carboxylic acids is 3. The Bertz CT molecular complexity index is 838. The van der Waals surface area contributed by atoms with Gasteiger partial charge in [0.15, 0.2) is 0 Å². The van der Waals surface area contributed by atoms with E-state index in [1.54, 1.807) is 11.8 Å². The minimum Gasteiger partial charge on any atom is -0.466 e. The SMILES string of the molecule is CCCCCCCCCCCCCOC(=O)CCSCC(CC(=O)NCCCN(CCC)CCC)C(=O)OC(CCCCCC)CCCCCCCCC. The third kappa shape index (κ3) is 35.2. The van der Waals surface area contributed by atoms with Gasteiger partial charge in [-0.2, -0.15) is 11.8 Å². The molecule has 0 aliphatic rings. The molecule has 0 saturated heterocycles. The van der Waals surface area contributed by atoms with Crippen molar-refractivity contribution >= 4 is 29.6 Å². The van der Waals surface area contributed by atoms with Crippen LogP contribution < -0.4 is 5.32 Å². The molecular weight excluding hydrogens is 693 g/mol. The Labute approximate surface area is 339 Å². The summed E-state index contributed by atoms with van der Waals surface area (Å²) in [5, 5.41) is 3.08. The number of carbonyl (C=O) groups is 3. The van der Waals surface area contributed by atoms with Gasteiger partial charge in [0.2, 0.25) is 5.91 Å². The largest absolute Gasteiger partial charge is 0.466 e. The Balaban J connectivity index is 4.91. The van der Waals surface area contributed by atoms with Crippen LogP contribution in [0, 0.1) is 5.92 Å². The van der Waals surface area contributed by atoms with Crippen molar-refractivity contribution in [2.45, 2.75) is 227 Å². The van der Waals surface area contributed by atoms with Crippen molar-refractivity contribution in [2.75, 3.05) is 44.3 Å². The molecule has 0 saturated carbocycles. The Morgan fingerprint density at radius 3 is 1.57 bits per heavy atom. The van der Waals surface area contributed by atoms with E-state index < -0.39 is 5.92 Å². The van der Waals surface area contributed by atoms with E-state index in [1.165, 1.54) is 109 Å². The van der Waals surface area contributed by atoms with Crippen LogP contribution in [0.1, 0.15) is 221 Å². The smallest absolute Gasteiger partial charge is 0.310 e. The fraction of sp³-hybridized carbons (Fsp3) is 0.935. The van der Waals surface area contributed by atoms with Crippen LogP contribution in [-0.2, 0) is 23.9 Å². The predicted molar refractivity (Wildman–Crippen MR) is 233 cm³/mol. The fourth-order valence-electron chi connectivity index (χ4n) is 7.06. The number of hydrogen-bond acceptors (Lipinski definition) is 7. The summed E-state index contributed by atoms with van der Waals surface area (Å²) in [4.78, 5) is 41.7. The lowest BCUT2D eigenvalue weighted by molar-refractivity contribution is -0.155. The second-order valence-corrected chi connectivity index (χ2v) is 17.0. The zero-order valence-electron chi connectivity index (χ0n) is 36.5. The molecule has 7 nitrogen and oxygen atoms in total. The van der Waals surface area contributed by atoms with Gasteiger partial charge in [0.25, 0.3) is 0 Å². The van der Waals surface area contributed by atoms with Gasteiger partial charge in [-0.15, -0.1) is 0 Å². The van der Waals surface area contributed by atoms with Gasteiger partial charge in [-0.05, 0) is 71.0 Å². The number of thioether (sulfide) groups is 1. The maximum atomic E-state index is 13.7. The number of nitrogens with one attached hydrogen (secondary N) is 1. The molecule has 1 amide bonds. The molecule has 2 unspecified atom stereocenters. The Morgan fingerprint density at radius 2 is 1.06 bits per heavy atom. The Morgan fingerprint density at radius 1 is 0.574 bits per heavy atom. The normalized spacial score (nSPS) is 12.6. The van der Waals surface area contributed by atoms with Crippen LogP contribution in [0.3, 0.4) is 0 Å². The molecule has 54 heavy (non-hydrogen) atoms. The predicted octanol–water partition coefficient (Wildman–Crippen LogP) is 12.6. The number of ether oxygens (including phenoxy) is 2. The highest BCUT2D eigenvalue weighted by molar-refractivity contribution is 7.99. The van der Waals surface area contributed by atoms with Crippen molar-refractivity contribution in [3.63, 3.8) is 0 Å². The van der Waals surface area contributed by atoms with Crippen molar-refractivity contribution in [1.82, 2.24) is 10.2 Å². The van der Waals surface area contributed by atoms with Gasteiger partial charge in [0, 0.05) is 24.5 Å². The minimum atomic E-state index is -0.522. The monoisotopic (exact) mass is 783 g/mol. The molecule has 0 aromatic carbocycles. The van der Waals surface area contributed by atoms with Gasteiger partial charge in [0.05, 0.1) is 18.9 Å². The van der Waals surface area contributed by atoms with Crippen molar-refractivity contribution < 1.29 is 23.9 Å². The van der Waals surface area contributed by atoms with Crippen LogP contribution in [0.5, 0.6) is 0 Å². The van der Waals surface area contributed by atoms with E-state index >= 15 is 0 Å². The average Bonchev–Trinajstić information content (AvgIpc) is 3.16. The summed E-state index contributed by atoms with van der Waals surface area (Å²) >= 11 is 1.56. The number of hydrogen-bond donors (Lipinski definition) is 1.